The Morgan fingerprint density at radius 2 is 1.69 bits per heavy atom. The number of likely N-dealkylation sites (tertiary alicyclic amines) is 1. The minimum atomic E-state index is -0.994. The van der Waals surface area contributed by atoms with Gasteiger partial charge in [0, 0.05) is 19.6 Å². The number of piperidine rings is 1. The number of rotatable bonds is 7. The van der Waals surface area contributed by atoms with Crippen LogP contribution in [0.2, 0.25) is 0 Å². The molecule has 0 saturated carbocycles. The molecule has 3 aliphatic rings. The number of ether oxygens (including phenoxy) is 4. The largest absolute Gasteiger partial charge is 0.490 e. The van der Waals surface area contributed by atoms with Crippen LogP contribution in [0.15, 0.2) is 42.5 Å². The number of hydrogen-bond donors (Lipinski definition) is 0. The number of halogens is 1. The third-order valence-electron chi connectivity index (χ3n) is 6.89. The fourth-order valence-corrected chi connectivity index (χ4v) is 4.92. The maximum absolute atomic E-state index is 13.3. The van der Waals surface area contributed by atoms with Crippen molar-refractivity contribution >= 4 is 11.8 Å². The van der Waals surface area contributed by atoms with Gasteiger partial charge in [-0.25, -0.2) is 4.39 Å². The third-order valence-corrected chi connectivity index (χ3v) is 6.89. The molecule has 36 heavy (non-hydrogen) atoms. The Labute approximate surface area is 209 Å². The first-order valence-corrected chi connectivity index (χ1v) is 12.5. The lowest BCUT2D eigenvalue weighted by atomic mass is 9.95. The number of benzene rings is 2. The normalized spacial score (nSPS) is 21.4. The van der Waals surface area contributed by atoms with Gasteiger partial charge in [0.05, 0.1) is 26.0 Å². The molecular formula is C27H31FN2O6. The van der Waals surface area contributed by atoms with Crippen molar-refractivity contribution < 1.29 is 32.9 Å². The number of amides is 2. The summed E-state index contributed by atoms with van der Waals surface area (Å²) >= 11 is 0. The summed E-state index contributed by atoms with van der Waals surface area (Å²) in [6.07, 6.45) is 3.42. The predicted octanol–water partition coefficient (Wildman–Crippen LogP) is 3.18. The molecule has 192 valence electrons. The molecule has 0 radical (unpaired) electrons. The van der Waals surface area contributed by atoms with Gasteiger partial charge in [-0.2, -0.15) is 0 Å². The Morgan fingerprint density at radius 1 is 0.917 bits per heavy atom. The molecule has 1 atom stereocenters. The van der Waals surface area contributed by atoms with Crippen LogP contribution in [0.4, 0.5) is 4.39 Å². The Kier molecular flexibility index (Phi) is 7.27. The average molecular weight is 499 g/mol. The summed E-state index contributed by atoms with van der Waals surface area (Å²) in [6, 6.07) is 11.2. The zero-order chi connectivity index (χ0) is 25.0. The maximum atomic E-state index is 13.3. The highest BCUT2D eigenvalue weighted by atomic mass is 19.1. The Morgan fingerprint density at radius 3 is 2.50 bits per heavy atom. The number of nitrogens with zero attached hydrogens (tertiary/aromatic N) is 2. The van der Waals surface area contributed by atoms with Crippen molar-refractivity contribution in [2.45, 2.75) is 37.7 Å². The lowest BCUT2D eigenvalue weighted by Gasteiger charge is -2.43. The van der Waals surface area contributed by atoms with E-state index in [0.717, 1.165) is 37.9 Å². The zero-order valence-corrected chi connectivity index (χ0v) is 20.2. The van der Waals surface area contributed by atoms with Crippen molar-refractivity contribution in [3.63, 3.8) is 0 Å². The van der Waals surface area contributed by atoms with Crippen molar-refractivity contribution in [2.75, 3.05) is 46.2 Å². The molecule has 2 saturated heterocycles. The number of fused-ring (bicyclic) bond motifs is 1. The second-order valence-electron chi connectivity index (χ2n) is 9.57. The molecule has 2 aromatic rings. The van der Waals surface area contributed by atoms with E-state index in [0.29, 0.717) is 30.4 Å². The molecule has 2 amide bonds. The van der Waals surface area contributed by atoms with Crippen molar-refractivity contribution in [2.24, 2.45) is 0 Å². The van der Waals surface area contributed by atoms with E-state index in [4.69, 9.17) is 18.9 Å². The monoisotopic (exact) mass is 498 g/mol. The van der Waals surface area contributed by atoms with Crippen LogP contribution < -0.4 is 14.2 Å². The van der Waals surface area contributed by atoms with Gasteiger partial charge in [-0.3, -0.25) is 9.59 Å². The molecule has 3 aliphatic heterocycles. The van der Waals surface area contributed by atoms with E-state index >= 15 is 0 Å². The van der Waals surface area contributed by atoms with Gasteiger partial charge in [-0.05, 0) is 61.2 Å². The van der Waals surface area contributed by atoms with E-state index in [1.807, 2.05) is 23.1 Å². The Hall–Kier alpha value is -3.33. The highest BCUT2D eigenvalue weighted by Crippen LogP contribution is 2.33. The first-order valence-electron chi connectivity index (χ1n) is 12.5. The first-order chi connectivity index (χ1) is 17.5. The minimum absolute atomic E-state index is 0.00229. The van der Waals surface area contributed by atoms with Crippen molar-refractivity contribution in [1.82, 2.24) is 9.80 Å². The van der Waals surface area contributed by atoms with Crippen LogP contribution in [0.25, 0.3) is 0 Å². The van der Waals surface area contributed by atoms with Gasteiger partial charge in [-0.15, -0.1) is 0 Å². The smallest absolute Gasteiger partial charge is 0.231 e. The maximum Gasteiger partial charge on any atom is 0.231 e. The van der Waals surface area contributed by atoms with E-state index in [1.54, 1.807) is 17.0 Å². The SMILES string of the molecule is O=C(CC1(COc2ccc(F)cc2)CN(C(=O)Cc2ccc3c(c2)OCO3)CCO1)N1CCCCC1. The summed E-state index contributed by atoms with van der Waals surface area (Å²) in [6.45, 7) is 2.69. The highest BCUT2D eigenvalue weighted by molar-refractivity contribution is 5.80. The third kappa shape index (κ3) is 5.73. The van der Waals surface area contributed by atoms with Crippen molar-refractivity contribution in [1.29, 1.82) is 0 Å². The second kappa shape index (κ2) is 10.7. The summed E-state index contributed by atoms with van der Waals surface area (Å²) in [7, 11) is 0. The van der Waals surface area contributed by atoms with Gasteiger partial charge in [0.1, 0.15) is 23.8 Å². The highest BCUT2D eigenvalue weighted by Gasteiger charge is 2.42. The molecule has 0 bridgehead atoms. The van der Waals surface area contributed by atoms with Crippen LogP contribution >= 0.6 is 0 Å². The van der Waals surface area contributed by atoms with Gasteiger partial charge in [0.25, 0.3) is 0 Å². The van der Waals surface area contributed by atoms with E-state index in [-0.39, 0.29) is 50.4 Å². The van der Waals surface area contributed by atoms with Gasteiger partial charge < -0.3 is 28.7 Å². The van der Waals surface area contributed by atoms with E-state index in [1.165, 1.54) is 12.1 Å². The molecule has 1 unspecified atom stereocenters. The molecule has 0 aromatic heterocycles. The molecule has 0 N–H and O–H groups in total. The predicted molar refractivity (Wildman–Crippen MR) is 128 cm³/mol. The van der Waals surface area contributed by atoms with Crippen LogP contribution in [0.3, 0.4) is 0 Å². The molecule has 8 nitrogen and oxygen atoms in total. The second-order valence-corrected chi connectivity index (χ2v) is 9.57. The number of carbonyl (C=O) groups is 2. The van der Waals surface area contributed by atoms with E-state index < -0.39 is 5.60 Å². The summed E-state index contributed by atoms with van der Waals surface area (Å²) in [4.78, 5) is 30.1. The van der Waals surface area contributed by atoms with Crippen LogP contribution in [0, 0.1) is 5.82 Å². The number of morpholine rings is 1. The summed E-state index contributed by atoms with van der Waals surface area (Å²) in [5.41, 5.74) is -0.167. The lowest BCUT2D eigenvalue weighted by molar-refractivity contribution is -0.166. The van der Waals surface area contributed by atoms with Crippen molar-refractivity contribution in [3.8, 4) is 17.2 Å². The summed E-state index contributed by atoms with van der Waals surface area (Å²) in [5.74, 6) is 1.37. The molecule has 0 spiro atoms. The van der Waals surface area contributed by atoms with Crippen molar-refractivity contribution in [3.05, 3.63) is 53.8 Å². The standard InChI is InChI=1S/C27H31FN2O6/c28-21-5-7-22(8-6-21)33-18-27(16-26(32)29-10-2-1-3-11-29)17-30(12-13-36-27)25(31)15-20-4-9-23-24(14-20)35-19-34-23/h4-9,14H,1-3,10-13,15-19H2. The van der Waals surface area contributed by atoms with Gasteiger partial charge in [-0.1, -0.05) is 6.07 Å². The Bertz CT molecular complexity index is 1090. The van der Waals surface area contributed by atoms with E-state index in [2.05, 4.69) is 0 Å². The lowest BCUT2D eigenvalue weighted by Crippen LogP contribution is -2.58. The molecule has 5 rings (SSSR count). The topological polar surface area (TPSA) is 77.5 Å². The Balaban J connectivity index is 1.29. The number of carbonyl (C=O) groups excluding carboxylic acids is 2. The average Bonchev–Trinajstić information content (AvgIpc) is 3.37. The quantitative estimate of drug-likeness (QED) is 0.584. The molecule has 2 aromatic carbocycles. The van der Waals surface area contributed by atoms with Gasteiger partial charge >= 0.3 is 0 Å². The fraction of sp³-hybridized carbons (Fsp3) is 0.481. The van der Waals surface area contributed by atoms with Crippen LogP contribution in [-0.2, 0) is 20.7 Å². The zero-order valence-electron chi connectivity index (χ0n) is 20.2. The number of hydrogen-bond acceptors (Lipinski definition) is 6. The minimum Gasteiger partial charge on any atom is -0.490 e. The van der Waals surface area contributed by atoms with E-state index in [9.17, 15) is 14.0 Å². The van der Waals surface area contributed by atoms with Crippen LogP contribution in [-0.4, -0.2) is 73.4 Å². The molecular weight excluding hydrogens is 467 g/mol. The van der Waals surface area contributed by atoms with Gasteiger partial charge in [0.15, 0.2) is 11.5 Å². The summed E-state index contributed by atoms with van der Waals surface area (Å²) < 4.78 is 36.3. The fourth-order valence-electron chi connectivity index (χ4n) is 4.92. The molecule has 9 heteroatoms. The van der Waals surface area contributed by atoms with Gasteiger partial charge in [0.2, 0.25) is 18.6 Å². The molecule has 2 fully saturated rings. The molecule has 3 heterocycles. The first kappa shape index (κ1) is 24.4. The summed E-state index contributed by atoms with van der Waals surface area (Å²) in [5, 5.41) is 0. The van der Waals surface area contributed by atoms with Crippen LogP contribution in [0.1, 0.15) is 31.2 Å². The van der Waals surface area contributed by atoms with Crippen LogP contribution in [0.5, 0.6) is 17.2 Å². The molecule has 0 aliphatic carbocycles.